The largest absolute Gasteiger partial charge is 0.418 e. The zero-order chi connectivity index (χ0) is 24.3. The summed E-state index contributed by atoms with van der Waals surface area (Å²) in [6.07, 6.45) is -3.49. The molecule has 0 spiro atoms. The van der Waals surface area contributed by atoms with Crippen molar-refractivity contribution in [2.24, 2.45) is 0 Å². The second-order valence-electron chi connectivity index (χ2n) is 10.4. The molecule has 0 aliphatic heterocycles. The first-order chi connectivity index (χ1) is 16.7. The van der Waals surface area contributed by atoms with Crippen LogP contribution in [0.15, 0.2) is 72.9 Å². The van der Waals surface area contributed by atoms with Crippen molar-refractivity contribution >= 4 is 59.8 Å². The molecule has 0 bridgehead atoms. The fourth-order valence-electron chi connectivity index (χ4n) is 5.96. The van der Waals surface area contributed by atoms with Gasteiger partial charge < -0.3 is 4.40 Å². The van der Waals surface area contributed by atoms with Crippen LogP contribution in [0.3, 0.4) is 0 Å². The summed E-state index contributed by atoms with van der Waals surface area (Å²) in [5.41, 5.74) is 3.65. The Kier molecular flexibility index (Phi) is 3.76. The first-order valence-electron chi connectivity index (χ1n) is 11.7. The Labute approximate surface area is 198 Å². The van der Waals surface area contributed by atoms with Crippen molar-refractivity contribution in [3.63, 3.8) is 0 Å². The molecule has 4 aromatic carbocycles. The number of pyridine rings is 2. The molecule has 0 aliphatic carbocycles. The van der Waals surface area contributed by atoms with E-state index in [0.29, 0.717) is 10.9 Å². The van der Waals surface area contributed by atoms with Crippen molar-refractivity contribution in [3.8, 4) is 0 Å². The van der Waals surface area contributed by atoms with Crippen LogP contribution in [0.1, 0.15) is 31.9 Å². The Morgan fingerprint density at radius 1 is 0.714 bits per heavy atom. The van der Waals surface area contributed by atoms with Gasteiger partial charge in [-0.2, -0.15) is 13.2 Å². The third-order valence-corrected chi connectivity index (χ3v) is 7.24. The third kappa shape index (κ3) is 2.58. The highest BCUT2D eigenvalue weighted by Crippen LogP contribution is 2.47. The van der Waals surface area contributed by atoms with Gasteiger partial charge in [0.2, 0.25) is 0 Å². The molecule has 0 saturated heterocycles. The highest BCUT2D eigenvalue weighted by atomic mass is 19.4. The minimum absolute atomic E-state index is 0.190. The molecule has 35 heavy (non-hydrogen) atoms. The Morgan fingerprint density at radius 2 is 1.40 bits per heavy atom. The van der Waals surface area contributed by atoms with Crippen LogP contribution in [-0.2, 0) is 11.6 Å². The SMILES string of the molecule is CC(C)(C)c1c2ccccc2cc2c3ncc(C(F)(F)F)c4ccc5c6ccccc6n(c12)c5c43. The molecular formula is C30H21F3N2. The lowest BCUT2D eigenvalue weighted by molar-refractivity contribution is -0.136. The summed E-state index contributed by atoms with van der Waals surface area (Å²) in [6.45, 7) is 6.57. The van der Waals surface area contributed by atoms with Gasteiger partial charge >= 0.3 is 6.18 Å². The molecule has 2 nitrogen and oxygen atoms in total. The van der Waals surface area contributed by atoms with E-state index in [9.17, 15) is 13.2 Å². The number of halogens is 3. The van der Waals surface area contributed by atoms with Crippen molar-refractivity contribution in [2.75, 3.05) is 0 Å². The maximum Gasteiger partial charge on any atom is 0.418 e. The average molecular weight is 467 g/mol. The zero-order valence-electron chi connectivity index (χ0n) is 19.5. The van der Waals surface area contributed by atoms with E-state index < -0.39 is 11.7 Å². The Balaban J connectivity index is 1.92. The van der Waals surface area contributed by atoms with Gasteiger partial charge in [0.05, 0.1) is 27.6 Å². The summed E-state index contributed by atoms with van der Waals surface area (Å²) in [5.74, 6) is 0. The van der Waals surface area contributed by atoms with E-state index in [4.69, 9.17) is 0 Å². The number of aromatic nitrogens is 2. The van der Waals surface area contributed by atoms with Gasteiger partial charge in [0.25, 0.3) is 0 Å². The van der Waals surface area contributed by atoms with Crippen molar-refractivity contribution < 1.29 is 13.2 Å². The smallest absolute Gasteiger partial charge is 0.308 e. The van der Waals surface area contributed by atoms with Crippen LogP contribution in [0.2, 0.25) is 0 Å². The van der Waals surface area contributed by atoms with Crippen LogP contribution in [0.25, 0.3) is 59.8 Å². The normalized spacial score (nSPS) is 13.4. The van der Waals surface area contributed by atoms with Gasteiger partial charge in [-0.15, -0.1) is 0 Å². The molecule has 0 unspecified atom stereocenters. The second kappa shape index (κ2) is 6.42. The van der Waals surface area contributed by atoms with Gasteiger partial charge in [0.1, 0.15) is 0 Å². The molecule has 7 rings (SSSR count). The summed E-state index contributed by atoms with van der Waals surface area (Å²) < 4.78 is 44.3. The van der Waals surface area contributed by atoms with Gasteiger partial charge in [-0.05, 0) is 39.3 Å². The lowest BCUT2D eigenvalue weighted by atomic mass is 9.81. The molecule has 5 heteroatoms. The topological polar surface area (TPSA) is 17.3 Å². The maximum atomic E-state index is 14.1. The molecule has 7 aromatic rings. The number of rotatable bonds is 0. The number of hydrogen-bond acceptors (Lipinski definition) is 1. The van der Waals surface area contributed by atoms with Crippen LogP contribution < -0.4 is 0 Å². The molecule has 0 amide bonds. The lowest BCUT2D eigenvalue weighted by Gasteiger charge is -2.26. The van der Waals surface area contributed by atoms with E-state index in [1.54, 1.807) is 6.07 Å². The molecular weight excluding hydrogens is 445 g/mol. The molecule has 0 aliphatic rings. The van der Waals surface area contributed by atoms with Crippen LogP contribution in [0.5, 0.6) is 0 Å². The number of nitrogens with zero attached hydrogens (tertiary/aromatic N) is 2. The van der Waals surface area contributed by atoms with E-state index in [2.05, 4.69) is 54.4 Å². The van der Waals surface area contributed by atoms with E-state index in [-0.39, 0.29) is 10.8 Å². The maximum absolute atomic E-state index is 14.1. The van der Waals surface area contributed by atoms with Gasteiger partial charge in [-0.1, -0.05) is 75.4 Å². The molecule has 0 atom stereocenters. The Morgan fingerprint density at radius 3 is 2.14 bits per heavy atom. The first-order valence-corrected chi connectivity index (χ1v) is 11.7. The molecule has 0 N–H and O–H groups in total. The molecule has 0 radical (unpaired) electrons. The van der Waals surface area contributed by atoms with Crippen LogP contribution in [0, 0.1) is 0 Å². The molecule has 3 aromatic heterocycles. The quantitative estimate of drug-likeness (QED) is 0.161. The Bertz CT molecular complexity index is 1970. The number of hydrogen-bond donors (Lipinski definition) is 0. The predicted molar refractivity (Wildman–Crippen MR) is 138 cm³/mol. The van der Waals surface area contributed by atoms with E-state index in [1.807, 2.05) is 36.4 Å². The molecule has 172 valence electrons. The predicted octanol–water partition coefficient (Wildman–Crippen LogP) is 8.85. The van der Waals surface area contributed by atoms with Crippen LogP contribution in [-0.4, -0.2) is 9.38 Å². The monoisotopic (exact) mass is 466 g/mol. The van der Waals surface area contributed by atoms with E-state index >= 15 is 0 Å². The number of alkyl halides is 3. The van der Waals surface area contributed by atoms with Crippen LogP contribution in [0.4, 0.5) is 13.2 Å². The van der Waals surface area contributed by atoms with Crippen molar-refractivity contribution in [2.45, 2.75) is 32.4 Å². The van der Waals surface area contributed by atoms with E-state index in [1.165, 1.54) is 0 Å². The van der Waals surface area contributed by atoms with Gasteiger partial charge in [-0.3, -0.25) is 4.98 Å². The number of benzene rings is 4. The van der Waals surface area contributed by atoms with Gasteiger partial charge in [0.15, 0.2) is 0 Å². The zero-order valence-corrected chi connectivity index (χ0v) is 19.5. The van der Waals surface area contributed by atoms with Gasteiger partial charge in [0, 0.05) is 27.7 Å². The molecule has 0 saturated carbocycles. The number of fused-ring (bicyclic) bond motifs is 7. The fourth-order valence-corrected chi connectivity index (χ4v) is 5.96. The highest BCUT2D eigenvalue weighted by molar-refractivity contribution is 6.29. The summed E-state index contributed by atoms with van der Waals surface area (Å²) in [7, 11) is 0. The van der Waals surface area contributed by atoms with Crippen molar-refractivity contribution in [1.82, 2.24) is 9.38 Å². The van der Waals surface area contributed by atoms with Crippen molar-refractivity contribution in [3.05, 3.63) is 84.1 Å². The molecule has 3 heterocycles. The van der Waals surface area contributed by atoms with E-state index in [0.717, 1.165) is 55.2 Å². The summed E-state index contributed by atoms with van der Waals surface area (Å²) in [6, 6.07) is 21.8. The third-order valence-electron chi connectivity index (χ3n) is 7.24. The first kappa shape index (κ1) is 20.5. The summed E-state index contributed by atoms with van der Waals surface area (Å²) in [5, 5.41) is 5.79. The minimum atomic E-state index is -4.49. The summed E-state index contributed by atoms with van der Waals surface area (Å²) in [4.78, 5) is 4.49. The highest BCUT2D eigenvalue weighted by Gasteiger charge is 2.35. The standard InChI is InChI=1S/C30H21F3N2/c1-29(2,3)25-17-9-5-4-8-16(17)14-21-26-24-20(22(15-34-26)30(31,32)33)13-12-19-18-10-6-7-11-23(18)35(27(19)24)28(21)25/h4-15H,1-3H3. The van der Waals surface area contributed by atoms with Crippen LogP contribution >= 0.6 is 0 Å². The summed E-state index contributed by atoms with van der Waals surface area (Å²) >= 11 is 0. The lowest BCUT2D eigenvalue weighted by Crippen LogP contribution is -2.15. The average Bonchev–Trinajstić information content (AvgIpc) is 3.15. The van der Waals surface area contributed by atoms with Gasteiger partial charge in [-0.25, -0.2) is 0 Å². The molecule has 0 fully saturated rings. The fraction of sp³-hybridized carbons (Fsp3) is 0.167. The Hall–Kier alpha value is -3.86. The minimum Gasteiger partial charge on any atom is -0.308 e. The second-order valence-corrected chi connectivity index (χ2v) is 10.4. The van der Waals surface area contributed by atoms with Crippen molar-refractivity contribution in [1.29, 1.82) is 0 Å². The number of para-hydroxylation sites is 1.